The Morgan fingerprint density at radius 1 is 1.30 bits per heavy atom. The van der Waals surface area contributed by atoms with Crippen molar-refractivity contribution in [1.82, 2.24) is 0 Å². The molecule has 0 aliphatic heterocycles. The molecule has 4 nitrogen and oxygen atoms in total. The minimum Gasteiger partial charge on any atom is -0.457 e. The zero-order chi connectivity index (χ0) is 14.5. The maximum Gasteiger partial charge on any atom is 0.314 e. The van der Waals surface area contributed by atoms with E-state index in [1.54, 1.807) is 6.08 Å². The van der Waals surface area contributed by atoms with Crippen LogP contribution in [0.1, 0.15) is 31.4 Å². The van der Waals surface area contributed by atoms with Crippen molar-refractivity contribution >= 4 is 11.9 Å². The molecule has 0 aromatic heterocycles. The topological polar surface area (TPSA) is 69.4 Å². The molecule has 4 heteroatoms. The van der Waals surface area contributed by atoms with Gasteiger partial charge in [0.25, 0.3) is 0 Å². The smallest absolute Gasteiger partial charge is 0.314 e. The molecule has 3 atom stereocenters. The lowest BCUT2D eigenvalue weighted by atomic mass is 9.83. The maximum absolute atomic E-state index is 12.2. The zero-order valence-electron chi connectivity index (χ0n) is 11.5. The Balaban J connectivity index is 2.05. The second-order valence-electron chi connectivity index (χ2n) is 5.03. The molecule has 1 amide bonds. The number of allylic oxidation sites excluding steroid dienone is 1. The molecule has 106 valence electrons. The first-order valence-corrected chi connectivity index (χ1v) is 6.81. The SMILES string of the molecule is CC(OC(=O)C1C=CCCC1C(N)=O)c1ccccc1. The molecule has 2 N–H and O–H groups in total. The van der Waals surface area contributed by atoms with Crippen molar-refractivity contribution in [3.05, 3.63) is 48.0 Å². The summed E-state index contributed by atoms with van der Waals surface area (Å²) in [5.74, 6) is -1.85. The lowest BCUT2D eigenvalue weighted by molar-refractivity contribution is -0.155. The predicted molar refractivity (Wildman–Crippen MR) is 75.5 cm³/mol. The first-order chi connectivity index (χ1) is 9.59. The van der Waals surface area contributed by atoms with Crippen LogP contribution in [0.3, 0.4) is 0 Å². The molecule has 3 unspecified atom stereocenters. The highest BCUT2D eigenvalue weighted by molar-refractivity contribution is 5.85. The lowest BCUT2D eigenvalue weighted by Gasteiger charge is -2.25. The van der Waals surface area contributed by atoms with E-state index >= 15 is 0 Å². The Labute approximate surface area is 118 Å². The number of ether oxygens (including phenoxy) is 1. The number of esters is 1. The minimum atomic E-state index is -0.563. The van der Waals surface area contributed by atoms with Crippen LogP contribution in [0.2, 0.25) is 0 Å². The number of hydrogen-bond acceptors (Lipinski definition) is 3. The van der Waals surface area contributed by atoms with Crippen molar-refractivity contribution in [2.45, 2.75) is 25.9 Å². The van der Waals surface area contributed by atoms with Gasteiger partial charge in [-0.3, -0.25) is 9.59 Å². The first kappa shape index (κ1) is 14.3. The Bertz CT molecular complexity index is 510. The normalized spacial score (nSPS) is 23.1. The van der Waals surface area contributed by atoms with E-state index in [0.717, 1.165) is 12.0 Å². The Morgan fingerprint density at radius 2 is 2.00 bits per heavy atom. The van der Waals surface area contributed by atoms with Crippen LogP contribution in [0.15, 0.2) is 42.5 Å². The molecule has 0 radical (unpaired) electrons. The van der Waals surface area contributed by atoms with Gasteiger partial charge in [-0.25, -0.2) is 0 Å². The third-order valence-electron chi connectivity index (χ3n) is 3.62. The molecule has 0 fully saturated rings. The summed E-state index contributed by atoms with van der Waals surface area (Å²) in [7, 11) is 0. The number of benzene rings is 1. The molecule has 0 bridgehead atoms. The average Bonchev–Trinajstić information content (AvgIpc) is 2.48. The first-order valence-electron chi connectivity index (χ1n) is 6.81. The quantitative estimate of drug-likeness (QED) is 0.676. The van der Waals surface area contributed by atoms with Gasteiger partial charge in [0.2, 0.25) is 5.91 Å². The van der Waals surface area contributed by atoms with Gasteiger partial charge in [0, 0.05) is 0 Å². The van der Waals surface area contributed by atoms with Crippen molar-refractivity contribution in [3.8, 4) is 0 Å². The van der Waals surface area contributed by atoms with Gasteiger partial charge in [-0.05, 0) is 25.3 Å². The van der Waals surface area contributed by atoms with Gasteiger partial charge in [-0.1, -0.05) is 42.5 Å². The van der Waals surface area contributed by atoms with Crippen LogP contribution < -0.4 is 5.73 Å². The molecule has 2 rings (SSSR count). The van der Waals surface area contributed by atoms with Crippen LogP contribution in [-0.4, -0.2) is 11.9 Å². The zero-order valence-corrected chi connectivity index (χ0v) is 11.5. The number of carbonyl (C=O) groups is 2. The van der Waals surface area contributed by atoms with Gasteiger partial charge >= 0.3 is 5.97 Å². The van der Waals surface area contributed by atoms with Gasteiger partial charge in [0.15, 0.2) is 0 Å². The van der Waals surface area contributed by atoms with Gasteiger partial charge in [-0.2, -0.15) is 0 Å². The molecular weight excluding hydrogens is 254 g/mol. The number of amides is 1. The highest BCUT2D eigenvalue weighted by atomic mass is 16.5. The van der Waals surface area contributed by atoms with E-state index in [1.807, 2.05) is 43.3 Å². The molecule has 1 aromatic rings. The molecule has 0 heterocycles. The van der Waals surface area contributed by atoms with Crippen LogP contribution in [0.25, 0.3) is 0 Å². The van der Waals surface area contributed by atoms with Crippen molar-refractivity contribution in [2.24, 2.45) is 17.6 Å². The number of primary amides is 1. The van der Waals surface area contributed by atoms with E-state index in [9.17, 15) is 9.59 Å². The number of rotatable bonds is 4. The van der Waals surface area contributed by atoms with Crippen molar-refractivity contribution < 1.29 is 14.3 Å². The molecule has 20 heavy (non-hydrogen) atoms. The summed E-state index contributed by atoms with van der Waals surface area (Å²) in [6.45, 7) is 1.82. The summed E-state index contributed by atoms with van der Waals surface area (Å²) < 4.78 is 5.46. The third-order valence-corrected chi connectivity index (χ3v) is 3.62. The largest absolute Gasteiger partial charge is 0.457 e. The van der Waals surface area contributed by atoms with E-state index in [2.05, 4.69) is 0 Å². The highest BCUT2D eigenvalue weighted by Gasteiger charge is 2.33. The second kappa shape index (κ2) is 6.37. The molecule has 1 aliphatic rings. The predicted octanol–water partition coefficient (Wildman–Crippen LogP) is 2.36. The number of hydrogen-bond donors (Lipinski definition) is 1. The van der Waals surface area contributed by atoms with Crippen molar-refractivity contribution in [3.63, 3.8) is 0 Å². The summed E-state index contributed by atoms with van der Waals surface area (Å²) in [5.41, 5.74) is 6.28. The number of nitrogens with two attached hydrogens (primary N) is 1. The second-order valence-corrected chi connectivity index (χ2v) is 5.03. The standard InChI is InChI=1S/C16H19NO3/c1-11(12-7-3-2-4-8-12)20-16(19)14-10-6-5-9-13(14)15(17)18/h2-4,6-8,10-11,13-14H,5,9H2,1H3,(H2,17,18). The fourth-order valence-electron chi connectivity index (χ4n) is 2.44. The third kappa shape index (κ3) is 3.26. The summed E-state index contributed by atoms with van der Waals surface area (Å²) in [6.07, 6.45) is 4.67. The molecule has 0 saturated heterocycles. The van der Waals surface area contributed by atoms with Crippen LogP contribution in [0, 0.1) is 11.8 Å². The summed E-state index contributed by atoms with van der Waals surface area (Å²) in [6, 6.07) is 9.50. The Morgan fingerprint density at radius 3 is 2.65 bits per heavy atom. The molecule has 0 spiro atoms. The average molecular weight is 273 g/mol. The molecule has 1 aliphatic carbocycles. The maximum atomic E-state index is 12.2. The van der Waals surface area contributed by atoms with E-state index in [1.165, 1.54) is 0 Å². The van der Waals surface area contributed by atoms with Crippen molar-refractivity contribution in [2.75, 3.05) is 0 Å². The van der Waals surface area contributed by atoms with E-state index in [0.29, 0.717) is 6.42 Å². The Hall–Kier alpha value is -2.10. The van der Waals surface area contributed by atoms with Crippen LogP contribution in [0.4, 0.5) is 0 Å². The summed E-state index contributed by atoms with van der Waals surface area (Å²) in [4.78, 5) is 23.6. The van der Waals surface area contributed by atoms with Gasteiger partial charge in [-0.15, -0.1) is 0 Å². The van der Waals surface area contributed by atoms with Crippen molar-refractivity contribution in [1.29, 1.82) is 0 Å². The fourth-order valence-corrected chi connectivity index (χ4v) is 2.44. The summed E-state index contributed by atoms with van der Waals surface area (Å²) in [5, 5.41) is 0. The summed E-state index contributed by atoms with van der Waals surface area (Å²) >= 11 is 0. The molecule has 0 saturated carbocycles. The minimum absolute atomic E-state index is 0.340. The van der Waals surface area contributed by atoms with E-state index < -0.39 is 17.7 Å². The van der Waals surface area contributed by atoms with Crippen LogP contribution >= 0.6 is 0 Å². The van der Waals surface area contributed by atoms with Gasteiger partial charge in [0.1, 0.15) is 6.10 Å². The van der Waals surface area contributed by atoms with E-state index in [-0.39, 0.29) is 12.1 Å². The molecule has 1 aromatic carbocycles. The highest BCUT2D eigenvalue weighted by Crippen LogP contribution is 2.28. The number of carbonyl (C=O) groups excluding carboxylic acids is 2. The van der Waals surface area contributed by atoms with Crippen LogP contribution in [-0.2, 0) is 14.3 Å². The van der Waals surface area contributed by atoms with Gasteiger partial charge < -0.3 is 10.5 Å². The fraction of sp³-hybridized carbons (Fsp3) is 0.375. The van der Waals surface area contributed by atoms with Crippen LogP contribution in [0.5, 0.6) is 0 Å². The monoisotopic (exact) mass is 273 g/mol. The van der Waals surface area contributed by atoms with E-state index in [4.69, 9.17) is 10.5 Å². The Kier molecular flexibility index (Phi) is 4.56. The lowest BCUT2D eigenvalue weighted by Crippen LogP contribution is -2.36. The molecular formula is C16H19NO3. The van der Waals surface area contributed by atoms with Gasteiger partial charge in [0.05, 0.1) is 11.8 Å².